The minimum Gasteiger partial charge on any atom is -0.316 e. The van der Waals surface area contributed by atoms with Gasteiger partial charge in [0.1, 0.15) is 0 Å². The number of sulfone groups is 1. The molecule has 0 fully saturated rings. The number of rotatable bonds is 8. The van der Waals surface area contributed by atoms with E-state index in [1.54, 1.807) is 0 Å². The smallest absolute Gasteiger partial charge is 0.269 e. The van der Waals surface area contributed by atoms with Crippen LogP contribution < -0.4 is 5.32 Å². The Labute approximate surface area is 119 Å². The van der Waals surface area contributed by atoms with Crippen LogP contribution in [0.4, 0.5) is 5.69 Å². The summed E-state index contributed by atoms with van der Waals surface area (Å²) in [5, 5.41) is 13.7. The average molecular weight is 300 g/mol. The first-order chi connectivity index (χ1) is 9.33. The highest BCUT2D eigenvalue weighted by molar-refractivity contribution is 7.91. The second-order valence-electron chi connectivity index (χ2n) is 5.02. The van der Waals surface area contributed by atoms with Crippen LogP contribution >= 0.6 is 0 Å². The zero-order valence-corrected chi connectivity index (χ0v) is 12.5. The lowest BCUT2D eigenvalue weighted by Gasteiger charge is -2.07. The lowest BCUT2D eigenvalue weighted by molar-refractivity contribution is -0.384. The minimum absolute atomic E-state index is 0.0376. The lowest BCUT2D eigenvalue weighted by Crippen LogP contribution is -2.22. The van der Waals surface area contributed by atoms with Crippen molar-refractivity contribution < 1.29 is 13.3 Å². The van der Waals surface area contributed by atoms with Gasteiger partial charge in [-0.05, 0) is 37.6 Å². The van der Waals surface area contributed by atoms with Crippen LogP contribution in [0.3, 0.4) is 0 Å². The Morgan fingerprint density at radius 3 is 2.35 bits per heavy atom. The van der Waals surface area contributed by atoms with Crippen LogP contribution in [-0.4, -0.2) is 32.2 Å². The van der Waals surface area contributed by atoms with Crippen molar-refractivity contribution in [1.29, 1.82) is 0 Å². The van der Waals surface area contributed by atoms with E-state index < -0.39 is 14.8 Å². The summed E-state index contributed by atoms with van der Waals surface area (Å²) in [6, 6.07) is 5.00. The van der Waals surface area contributed by atoms with Gasteiger partial charge in [0, 0.05) is 12.1 Å². The zero-order chi connectivity index (χ0) is 15.2. The monoisotopic (exact) mass is 300 g/mol. The molecule has 0 aliphatic heterocycles. The molecule has 0 saturated heterocycles. The predicted molar refractivity (Wildman–Crippen MR) is 77.5 cm³/mol. The van der Waals surface area contributed by atoms with Gasteiger partial charge in [-0.15, -0.1) is 0 Å². The molecule has 6 nitrogen and oxygen atoms in total. The van der Waals surface area contributed by atoms with Crippen LogP contribution in [0.25, 0.3) is 0 Å². The van der Waals surface area contributed by atoms with Gasteiger partial charge in [0.25, 0.3) is 5.69 Å². The van der Waals surface area contributed by atoms with Crippen molar-refractivity contribution >= 4 is 15.5 Å². The van der Waals surface area contributed by atoms with Gasteiger partial charge in [0.15, 0.2) is 9.84 Å². The van der Waals surface area contributed by atoms with Crippen LogP contribution in [0.2, 0.25) is 0 Å². The SMILES string of the molecule is CC(C)CNCCCS(=O)(=O)c1ccc([N+](=O)[O-])cc1. The molecule has 0 radical (unpaired) electrons. The number of hydrogen-bond acceptors (Lipinski definition) is 5. The fourth-order valence-corrected chi connectivity index (χ4v) is 2.98. The molecule has 0 unspecified atom stereocenters. The molecule has 0 spiro atoms. The predicted octanol–water partition coefficient (Wildman–Crippen LogP) is 2.00. The van der Waals surface area contributed by atoms with Gasteiger partial charge < -0.3 is 5.32 Å². The Morgan fingerprint density at radius 1 is 1.25 bits per heavy atom. The fourth-order valence-electron chi connectivity index (χ4n) is 1.67. The van der Waals surface area contributed by atoms with E-state index in [9.17, 15) is 18.5 Å². The summed E-state index contributed by atoms with van der Waals surface area (Å²) >= 11 is 0. The molecule has 0 saturated carbocycles. The Hall–Kier alpha value is -1.47. The Kier molecular flexibility index (Phi) is 6.09. The molecule has 20 heavy (non-hydrogen) atoms. The van der Waals surface area contributed by atoms with E-state index >= 15 is 0 Å². The first kappa shape index (κ1) is 16.6. The second-order valence-corrected chi connectivity index (χ2v) is 7.13. The molecule has 7 heteroatoms. The highest BCUT2D eigenvalue weighted by atomic mass is 32.2. The summed E-state index contributed by atoms with van der Waals surface area (Å²) < 4.78 is 24.0. The van der Waals surface area contributed by atoms with Gasteiger partial charge in [-0.1, -0.05) is 13.8 Å². The fraction of sp³-hybridized carbons (Fsp3) is 0.538. The van der Waals surface area contributed by atoms with Crippen molar-refractivity contribution in [1.82, 2.24) is 5.32 Å². The van der Waals surface area contributed by atoms with Crippen molar-refractivity contribution in [3.05, 3.63) is 34.4 Å². The first-order valence-electron chi connectivity index (χ1n) is 6.51. The molecule has 0 aliphatic carbocycles. The van der Waals surface area contributed by atoms with Crippen molar-refractivity contribution in [3.63, 3.8) is 0 Å². The Morgan fingerprint density at radius 2 is 1.85 bits per heavy atom. The van der Waals surface area contributed by atoms with Gasteiger partial charge in [0.05, 0.1) is 15.6 Å². The van der Waals surface area contributed by atoms with E-state index in [1.165, 1.54) is 24.3 Å². The standard InChI is InChI=1S/C13H20N2O4S/c1-11(2)10-14-8-3-9-20(18,19)13-6-4-12(5-7-13)15(16)17/h4-7,11,14H,3,8-10H2,1-2H3. The lowest BCUT2D eigenvalue weighted by atomic mass is 10.2. The quantitative estimate of drug-likeness (QED) is 0.450. The maximum Gasteiger partial charge on any atom is 0.269 e. The number of nitro groups is 1. The normalized spacial score (nSPS) is 11.8. The molecule has 0 atom stereocenters. The van der Waals surface area contributed by atoms with Gasteiger partial charge in [-0.2, -0.15) is 0 Å². The van der Waals surface area contributed by atoms with E-state index in [2.05, 4.69) is 19.2 Å². The van der Waals surface area contributed by atoms with Gasteiger partial charge in [-0.3, -0.25) is 10.1 Å². The molecule has 0 amide bonds. The number of nitrogens with one attached hydrogen (secondary N) is 1. The van der Waals surface area contributed by atoms with Crippen LogP contribution in [0.5, 0.6) is 0 Å². The van der Waals surface area contributed by atoms with E-state index in [-0.39, 0.29) is 16.3 Å². The topological polar surface area (TPSA) is 89.3 Å². The third-order valence-electron chi connectivity index (χ3n) is 2.73. The Balaban J connectivity index is 2.54. The number of hydrogen-bond donors (Lipinski definition) is 1. The third kappa shape index (κ3) is 5.26. The summed E-state index contributed by atoms with van der Waals surface area (Å²) in [7, 11) is -3.37. The molecular formula is C13H20N2O4S. The van der Waals surface area contributed by atoms with Crippen molar-refractivity contribution in [2.45, 2.75) is 25.2 Å². The van der Waals surface area contributed by atoms with Crippen molar-refractivity contribution in [2.75, 3.05) is 18.8 Å². The average Bonchev–Trinajstić information content (AvgIpc) is 2.38. The molecule has 1 rings (SSSR count). The van der Waals surface area contributed by atoms with E-state index in [4.69, 9.17) is 0 Å². The summed E-state index contributed by atoms with van der Waals surface area (Å²) in [5.74, 6) is 0.567. The maximum atomic E-state index is 12.0. The maximum absolute atomic E-state index is 12.0. The molecular weight excluding hydrogens is 280 g/mol. The number of benzene rings is 1. The first-order valence-corrected chi connectivity index (χ1v) is 8.16. The Bertz CT molecular complexity index is 538. The highest BCUT2D eigenvalue weighted by Gasteiger charge is 2.15. The largest absolute Gasteiger partial charge is 0.316 e. The molecule has 0 aromatic heterocycles. The number of nitro benzene ring substituents is 1. The van der Waals surface area contributed by atoms with E-state index in [1.807, 2.05) is 0 Å². The molecule has 1 aromatic rings. The molecule has 0 heterocycles. The van der Waals surface area contributed by atoms with Crippen LogP contribution in [0.15, 0.2) is 29.2 Å². The summed E-state index contributed by atoms with van der Waals surface area (Å²) in [5.41, 5.74) is -0.109. The van der Waals surface area contributed by atoms with Gasteiger partial charge in [-0.25, -0.2) is 8.42 Å². The van der Waals surface area contributed by atoms with E-state index in [0.29, 0.717) is 18.9 Å². The molecule has 112 valence electrons. The molecule has 0 bridgehead atoms. The summed E-state index contributed by atoms with van der Waals surface area (Å²) in [6.45, 7) is 5.67. The van der Waals surface area contributed by atoms with Gasteiger partial charge >= 0.3 is 0 Å². The minimum atomic E-state index is -3.37. The zero-order valence-electron chi connectivity index (χ0n) is 11.7. The third-order valence-corrected chi connectivity index (χ3v) is 4.54. The number of nitrogens with zero attached hydrogens (tertiary/aromatic N) is 1. The van der Waals surface area contributed by atoms with E-state index in [0.717, 1.165) is 6.54 Å². The highest BCUT2D eigenvalue weighted by Crippen LogP contribution is 2.17. The summed E-state index contributed by atoms with van der Waals surface area (Å²) in [4.78, 5) is 10.1. The summed E-state index contributed by atoms with van der Waals surface area (Å²) in [6.07, 6.45) is 0.520. The van der Waals surface area contributed by atoms with Gasteiger partial charge in [0.2, 0.25) is 0 Å². The molecule has 1 N–H and O–H groups in total. The molecule has 1 aromatic carbocycles. The second kappa shape index (κ2) is 7.35. The van der Waals surface area contributed by atoms with Crippen LogP contribution in [-0.2, 0) is 9.84 Å². The number of non-ortho nitro benzene ring substituents is 1. The van der Waals surface area contributed by atoms with Crippen LogP contribution in [0.1, 0.15) is 20.3 Å². The molecule has 0 aliphatic rings. The van der Waals surface area contributed by atoms with Crippen molar-refractivity contribution in [2.24, 2.45) is 5.92 Å². The van der Waals surface area contributed by atoms with Crippen LogP contribution in [0, 0.1) is 16.0 Å². The van der Waals surface area contributed by atoms with Crippen molar-refractivity contribution in [3.8, 4) is 0 Å².